The van der Waals surface area contributed by atoms with E-state index in [0.717, 1.165) is 42.6 Å². The highest BCUT2D eigenvalue weighted by atomic mass is 16.7. The number of piperazine rings is 1. The summed E-state index contributed by atoms with van der Waals surface area (Å²) in [6.45, 7) is 10.2. The Morgan fingerprint density at radius 2 is 1.90 bits per heavy atom. The van der Waals surface area contributed by atoms with Gasteiger partial charge in [0.1, 0.15) is 17.7 Å². The lowest BCUT2D eigenvalue weighted by molar-refractivity contribution is 0.0142. The number of carbonyl (C=O) groups excluding carboxylic acids is 1. The molecule has 0 radical (unpaired) electrons. The molecule has 1 fully saturated rings. The Morgan fingerprint density at radius 1 is 1.08 bits per heavy atom. The van der Waals surface area contributed by atoms with E-state index in [4.69, 9.17) is 23.7 Å². The second-order valence-electron chi connectivity index (χ2n) is 10.4. The molecule has 0 unspecified atom stereocenters. The third-order valence-electron chi connectivity index (χ3n) is 6.47. The van der Waals surface area contributed by atoms with Gasteiger partial charge in [0.25, 0.3) is 0 Å². The lowest BCUT2D eigenvalue weighted by atomic mass is 10.2. The van der Waals surface area contributed by atoms with Gasteiger partial charge in [-0.05, 0) is 45.4 Å². The Balaban J connectivity index is 1.17. The Bertz CT molecular complexity index is 1320. The highest BCUT2D eigenvalue weighted by Gasteiger charge is 2.25. The molecule has 1 amide bonds. The molecule has 3 aromatic rings. The number of nitrogens with one attached hydrogen (secondary N) is 1. The van der Waals surface area contributed by atoms with Gasteiger partial charge in [-0.1, -0.05) is 6.07 Å². The predicted octanol–water partition coefficient (Wildman–Crippen LogP) is 4.43. The molecule has 1 N–H and O–H groups in total. The molecule has 1 aromatic heterocycles. The normalized spacial score (nSPS) is 15.3. The van der Waals surface area contributed by atoms with Crippen LogP contribution >= 0.6 is 0 Å². The van der Waals surface area contributed by atoms with Gasteiger partial charge in [-0.15, -0.1) is 0 Å². The monoisotopic (exact) mass is 537 g/mol. The zero-order chi connectivity index (χ0) is 27.4. The fourth-order valence-corrected chi connectivity index (χ4v) is 4.54. The van der Waals surface area contributed by atoms with E-state index in [1.165, 1.54) is 6.33 Å². The van der Waals surface area contributed by atoms with Crippen LogP contribution < -0.4 is 24.3 Å². The van der Waals surface area contributed by atoms with E-state index in [2.05, 4.69) is 20.2 Å². The maximum atomic E-state index is 12.3. The van der Waals surface area contributed by atoms with E-state index in [9.17, 15) is 4.79 Å². The van der Waals surface area contributed by atoms with Crippen LogP contribution in [0.4, 0.5) is 16.3 Å². The standard InChI is InChI=1S/C28H35N5O6/c1-28(2,3)39-27(34)33-12-10-32(11-13-33)9-6-14-36-24-16-21-19(15-23(24)35-4)26(30-17-29-21)31-20-7-5-8-22-25(20)38-18-37-22/h5,7-8,15-17H,6,9-14,18H2,1-4H3,(H,29,30,31). The highest BCUT2D eigenvalue weighted by molar-refractivity contribution is 5.93. The predicted molar refractivity (Wildman–Crippen MR) is 146 cm³/mol. The van der Waals surface area contributed by atoms with Gasteiger partial charge in [0.2, 0.25) is 6.79 Å². The first-order valence-corrected chi connectivity index (χ1v) is 13.1. The number of carbonyl (C=O) groups is 1. The molecule has 3 heterocycles. The number of nitrogens with zero attached hydrogens (tertiary/aromatic N) is 4. The van der Waals surface area contributed by atoms with Crippen LogP contribution in [0.25, 0.3) is 10.9 Å². The summed E-state index contributed by atoms with van der Waals surface area (Å²) in [6.07, 6.45) is 2.11. The molecule has 2 aliphatic heterocycles. The van der Waals surface area contributed by atoms with Gasteiger partial charge in [0, 0.05) is 44.2 Å². The minimum Gasteiger partial charge on any atom is -0.493 e. The number of ether oxygens (including phenoxy) is 5. The molecular formula is C28H35N5O6. The average Bonchev–Trinajstić information content (AvgIpc) is 3.40. The van der Waals surface area contributed by atoms with E-state index in [-0.39, 0.29) is 12.9 Å². The van der Waals surface area contributed by atoms with Crippen molar-refractivity contribution in [1.29, 1.82) is 0 Å². The van der Waals surface area contributed by atoms with Crippen LogP contribution in [0.5, 0.6) is 23.0 Å². The van der Waals surface area contributed by atoms with Crippen LogP contribution in [-0.4, -0.2) is 84.7 Å². The molecule has 0 saturated carbocycles. The summed E-state index contributed by atoms with van der Waals surface area (Å²) in [6, 6.07) is 9.42. The van der Waals surface area contributed by atoms with Crippen molar-refractivity contribution < 1.29 is 28.5 Å². The van der Waals surface area contributed by atoms with Crippen LogP contribution in [-0.2, 0) is 4.74 Å². The lowest BCUT2D eigenvalue weighted by Crippen LogP contribution is -2.50. The Morgan fingerprint density at radius 3 is 2.67 bits per heavy atom. The lowest BCUT2D eigenvalue weighted by Gasteiger charge is -2.35. The number of benzene rings is 2. The van der Waals surface area contributed by atoms with Gasteiger partial charge < -0.3 is 33.9 Å². The largest absolute Gasteiger partial charge is 0.493 e. The smallest absolute Gasteiger partial charge is 0.410 e. The van der Waals surface area contributed by atoms with Gasteiger partial charge in [-0.2, -0.15) is 0 Å². The van der Waals surface area contributed by atoms with Crippen LogP contribution in [0, 0.1) is 0 Å². The number of hydrogen-bond donors (Lipinski definition) is 1. The third kappa shape index (κ3) is 6.36. The summed E-state index contributed by atoms with van der Waals surface area (Å²) < 4.78 is 28.3. The first-order chi connectivity index (χ1) is 18.8. The minimum absolute atomic E-state index is 0.190. The number of hydrogen-bond acceptors (Lipinski definition) is 10. The molecule has 5 rings (SSSR count). The Kier molecular flexibility index (Phi) is 7.78. The van der Waals surface area contributed by atoms with Crippen molar-refractivity contribution in [3.63, 3.8) is 0 Å². The number of amides is 1. The minimum atomic E-state index is -0.480. The van der Waals surface area contributed by atoms with Gasteiger partial charge in [0.05, 0.1) is 24.9 Å². The first kappa shape index (κ1) is 26.6. The Hall–Kier alpha value is -3.99. The molecular weight excluding hydrogens is 502 g/mol. The molecule has 39 heavy (non-hydrogen) atoms. The van der Waals surface area contributed by atoms with Gasteiger partial charge in [0.15, 0.2) is 23.0 Å². The number of rotatable bonds is 8. The molecule has 0 bridgehead atoms. The summed E-state index contributed by atoms with van der Waals surface area (Å²) >= 11 is 0. The first-order valence-electron chi connectivity index (χ1n) is 13.1. The van der Waals surface area contributed by atoms with Crippen molar-refractivity contribution in [3.8, 4) is 23.0 Å². The molecule has 0 spiro atoms. The second-order valence-corrected chi connectivity index (χ2v) is 10.4. The summed E-state index contributed by atoms with van der Waals surface area (Å²) in [5.74, 6) is 3.20. The molecule has 1 saturated heterocycles. The average molecular weight is 538 g/mol. The van der Waals surface area contributed by atoms with Crippen LogP contribution in [0.1, 0.15) is 27.2 Å². The van der Waals surface area contributed by atoms with Crippen molar-refractivity contribution in [3.05, 3.63) is 36.7 Å². The zero-order valence-electron chi connectivity index (χ0n) is 22.9. The number of methoxy groups -OCH3 is 1. The molecule has 2 aliphatic rings. The second kappa shape index (κ2) is 11.4. The fourth-order valence-electron chi connectivity index (χ4n) is 4.54. The molecule has 11 heteroatoms. The summed E-state index contributed by atoms with van der Waals surface area (Å²) in [7, 11) is 1.62. The zero-order valence-corrected chi connectivity index (χ0v) is 22.9. The maximum absolute atomic E-state index is 12.3. The van der Waals surface area contributed by atoms with Gasteiger partial charge in [-0.3, -0.25) is 4.90 Å². The maximum Gasteiger partial charge on any atom is 0.410 e. The molecule has 11 nitrogen and oxygen atoms in total. The number of aromatic nitrogens is 2. The van der Waals surface area contributed by atoms with E-state index in [0.29, 0.717) is 48.5 Å². The number of anilines is 2. The summed E-state index contributed by atoms with van der Waals surface area (Å²) in [5.41, 5.74) is 1.01. The molecule has 2 aromatic carbocycles. The topological polar surface area (TPSA) is 108 Å². The van der Waals surface area contributed by atoms with Crippen LogP contribution in [0.2, 0.25) is 0 Å². The van der Waals surface area contributed by atoms with E-state index in [1.807, 2.05) is 51.1 Å². The summed E-state index contributed by atoms with van der Waals surface area (Å²) in [5, 5.41) is 4.13. The highest BCUT2D eigenvalue weighted by Crippen LogP contribution is 2.41. The van der Waals surface area contributed by atoms with Crippen molar-refractivity contribution >= 4 is 28.5 Å². The van der Waals surface area contributed by atoms with E-state index in [1.54, 1.807) is 12.0 Å². The SMILES string of the molecule is COc1cc2c(Nc3cccc4c3OCO4)ncnc2cc1OCCCN1CCN(C(=O)OC(C)(C)C)CC1. The molecule has 0 atom stereocenters. The Labute approximate surface area is 228 Å². The molecule has 0 aliphatic carbocycles. The van der Waals surface area contributed by atoms with Gasteiger partial charge >= 0.3 is 6.09 Å². The van der Waals surface area contributed by atoms with Crippen LogP contribution in [0.15, 0.2) is 36.7 Å². The number of para-hydroxylation sites is 1. The van der Waals surface area contributed by atoms with Crippen molar-refractivity contribution in [1.82, 2.24) is 19.8 Å². The van der Waals surface area contributed by atoms with Crippen molar-refractivity contribution in [2.75, 3.05) is 58.6 Å². The molecule has 208 valence electrons. The van der Waals surface area contributed by atoms with E-state index < -0.39 is 5.60 Å². The quantitative estimate of drug-likeness (QED) is 0.415. The fraction of sp³-hybridized carbons (Fsp3) is 0.464. The summed E-state index contributed by atoms with van der Waals surface area (Å²) in [4.78, 5) is 25.3. The van der Waals surface area contributed by atoms with E-state index >= 15 is 0 Å². The van der Waals surface area contributed by atoms with Crippen LogP contribution in [0.3, 0.4) is 0 Å². The van der Waals surface area contributed by atoms with Gasteiger partial charge in [-0.25, -0.2) is 14.8 Å². The van der Waals surface area contributed by atoms with Crippen molar-refractivity contribution in [2.24, 2.45) is 0 Å². The van der Waals surface area contributed by atoms with Crippen molar-refractivity contribution in [2.45, 2.75) is 32.8 Å². The number of fused-ring (bicyclic) bond motifs is 2. The third-order valence-corrected chi connectivity index (χ3v) is 6.47.